The molecule has 0 aliphatic rings. The highest BCUT2D eigenvalue weighted by Gasteiger charge is 2.11. The number of benzene rings is 1. The standard InChI is InChI=1S/C12H9BrN4O2/c1-18-10-4-7(5-14)2-3-9(10)19-11-8(13)6-16-12(15)17-11/h2-4,6H,1H3,(H2,15,16,17). The van der Waals surface area contributed by atoms with Gasteiger partial charge in [-0.25, -0.2) is 4.98 Å². The van der Waals surface area contributed by atoms with Gasteiger partial charge in [0.2, 0.25) is 11.8 Å². The van der Waals surface area contributed by atoms with Crippen LogP contribution in [0.15, 0.2) is 28.9 Å². The second kappa shape index (κ2) is 5.54. The van der Waals surface area contributed by atoms with E-state index in [0.717, 1.165) is 0 Å². The Kier molecular flexibility index (Phi) is 3.82. The number of rotatable bonds is 3. The van der Waals surface area contributed by atoms with Gasteiger partial charge in [-0.2, -0.15) is 10.2 Å². The zero-order chi connectivity index (χ0) is 13.8. The van der Waals surface area contributed by atoms with Gasteiger partial charge >= 0.3 is 0 Å². The first-order valence-corrected chi connectivity index (χ1v) is 5.97. The Morgan fingerprint density at radius 2 is 2.16 bits per heavy atom. The van der Waals surface area contributed by atoms with Gasteiger partial charge in [0.25, 0.3) is 0 Å². The van der Waals surface area contributed by atoms with Gasteiger partial charge in [0, 0.05) is 6.07 Å². The van der Waals surface area contributed by atoms with Crippen LogP contribution < -0.4 is 15.2 Å². The number of halogens is 1. The van der Waals surface area contributed by atoms with E-state index >= 15 is 0 Å². The summed E-state index contributed by atoms with van der Waals surface area (Å²) in [7, 11) is 1.49. The van der Waals surface area contributed by atoms with E-state index < -0.39 is 0 Å². The quantitative estimate of drug-likeness (QED) is 0.933. The van der Waals surface area contributed by atoms with E-state index in [1.807, 2.05) is 6.07 Å². The van der Waals surface area contributed by atoms with Gasteiger partial charge in [0.15, 0.2) is 11.5 Å². The number of nitriles is 1. The maximum Gasteiger partial charge on any atom is 0.238 e. The summed E-state index contributed by atoms with van der Waals surface area (Å²) >= 11 is 3.26. The lowest BCUT2D eigenvalue weighted by atomic mass is 10.2. The van der Waals surface area contributed by atoms with Crippen LogP contribution in [0.5, 0.6) is 17.4 Å². The Hall–Kier alpha value is -2.33. The number of aromatic nitrogens is 2. The van der Waals surface area contributed by atoms with Gasteiger partial charge in [-0.1, -0.05) is 0 Å². The maximum absolute atomic E-state index is 8.83. The van der Waals surface area contributed by atoms with Crippen molar-refractivity contribution in [3.8, 4) is 23.4 Å². The van der Waals surface area contributed by atoms with E-state index in [0.29, 0.717) is 21.5 Å². The fourth-order valence-corrected chi connectivity index (χ4v) is 1.63. The van der Waals surface area contributed by atoms with Gasteiger partial charge < -0.3 is 15.2 Å². The van der Waals surface area contributed by atoms with Crippen LogP contribution in [0.2, 0.25) is 0 Å². The Morgan fingerprint density at radius 1 is 1.37 bits per heavy atom. The molecule has 0 unspecified atom stereocenters. The molecule has 2 aromatic rings. The fourth-order valence-electron chi connectivity index (χ4n) is 1.36. The Morgan fingerprint density at radius 3 is 2.84 bits per heavy atom. The van der Waals surface area contributed by atoms with Crippen molar-refractivity contribution in [3.05, 3.63) is 34.4 Å². The zero-order valence-electron chi connectivity index (χ0n) is 9.92. The van der Waals surface area contributed by atoms with Crippen molar-refractivity contribution in [2.45, 2.75) is 0 Å². The molecule has 1 aromatic carbocycles. The van der Waals surface area contributed by atoms with Crippen molar-refractivity contribution in [1.82, 2.24) is 9.97 Å². The van der Waals surface area contributed by atoms with Crippen molar-refractivity contribution in [2.24, 2.45) is 0 Å². The lowest BCUT2D eigenvalue weighted by molar-refractivity contribution is 0.373. The summed E-state index contributed by atoms with van der Waals surface area (Å²) in [6.45, 7) is 0. The van der Waals surface area contributed by atoms with Crippen LogP contribution in [0, 0.1) is 11.3 Å². The zero-order valence-corrected chi connectivity index (χ0v) is 11.5. The second-order valence-electron chi connectivity index (χ2n) is 3.46. The Labute approximate surface area is 117 Å². The molecule has 0 saturated heterocycles. The third-order valence-electron chi connectivity index (χ3n) is 2.23. The summed E-state index contributed by atoms with van der Waals surface area (Å²) in [6, 6.07) is 6.85. The van der Waals surface area contributed by atoms with E-state index in [1.165, 1.54) is 13.3 Å². The number of hydrogen-bond acceptors (Lipinski definition) is 6. The highest BCUT2D eigenvalue weighted by molar-refractivity contribution is 9.10. The van der Waals surface area contributed by atoms with Crippen LogP contribution in [0.4, 0.5) is 5.95 Å². The van der Waals surface area contributed by atoms with Crippen LogP contribution in [0.1, 0.15) is 5.56 Å². The molecule has 1 aromatic heterocycles. The fraction of sp³-hybridized carbons (Fsp3) is 0.0833. The molecule has 0 radical (unpaired) electrons. The normalized spacial score (nSPS) is 9.74. The van der Waals surface area contributed by atoms with E-state index in [4.69, 9.17) is 20.5 Å². The van der Waals surface area contributed by atoms with Gasteiger partial charge in [0.1, 0.15) is 0 Å². The summed E-state index contributed by atoms with van der Waals surface area (Å²) in [5, 5.41) is 8.83. The molecule has 7 heteroatoms. The van der Waals surface area contributed by atoms with Gasteiger partial charge in [-0.05, 0) is 28.1 Å². The smallest absolute Gasteiger partial charge is 0.238 e. The molecule has 1 heterocycles. The van der Waals surface area contributed by atoms with E-state index in [1.54, 1.807) is 18.2 Å². The van der Waals surface area contributed by atoms with E-state index in [-0.39, 0.29) is 11.8 Å². The SMILES string of the molecule is COc1cc(C#N)ccc1Oc1nc(N)ncc1Br. The summed E-state index contributed by atoms with van der Waals surface area (Å²) in [5.74, 6) is 1.24. The number of nitrogens with two attached hydrogens (primary N) is 1. The van der Waals surface area contributed by atoms with Crippen LogP contribution in [-0.2, 0) is 0 Å². The number of ether oxygens (including phenoxy) is 2. The molecule has 0 fully saturated rings. The average Bonchev–Trinajstić information content (AvgIpc) is 2.43. The van der Waals surface area contributed by atoms with Gasteiger partial charge in [0.05, 0.1) is 29.4 Å². The van der Waals surface area contributed by atoms with Crippen LogP contribution >= 0.6 is 15.9 Å². The monoisotopic (exact) mass is 320 g/mol. The van der Waals surface area contributed by atoms with Crippen LogP contribution in [-0.4, -0.2) is 17.1 Å². The molecule has 0 aliphatic carbocycles. The number of methoxy groups -OCH3 is 1. The molecule has 2 rings (SSSR count). The molecule has 0 aliphatic heterocycles. The lowest BCUT2D eigenvalue weighted by Crippen LogP contribution is -1.98. The minimum absolute atomic E-state index is 0.103. The maximum atomic E-state index is 8.83. The van der Waals surface area contributed by atoms with Crippen molar-refractivity contribution >= 4 is 21.9 Å². The summed E-state index contributed by atoms with van der Waals surface area (Å²) in [4.78, 5) is 7.78. The minimum atomic E-state index is 0.103. The van der Waals surface area contributed by atoms with E-state index in [2.05, 4.69) is 25.9 Å². The average molecular weight is 321 g/mol. The first-order chi connectivity index (χ1) is 9.13. The Balaban J connectivity index is 2.38. The first kappa shape index (κ1) is 13.1. The van der Waals surface area contributed by atoms with Crippen LogP contribution in [0.3, 0.4) is 0 Å². The van der Waals surface area contributed by atoms with Gasteiger partial charge in [-0.15, -0.1) is 0 Å². The third kappa shape index (κ3) is 2.92. The number of anilines is 1. The molecule has 2 N–H and O–H groups in total. The highest BCUT2D eigenvalue weighted by atomic mass is 79.9. The molecular formula is C12H9BrN4O2. The molecule has 0 bridgehead atoms. The van der Waals surface area contributed by atoms with Gasteiger partial charge in [-0.3, -0.25) is 0 Å². The van der Waals surface area contributed by atoms with Crippen molar-refractivity contribution in [1.29, 1.82) is 5.26 Å². The summed E-state index contributed by atoms with van der Waals surface area (Å²) in [6.07, 6.45) is 1.49. The van der Waals surface area contributed by atoms with Crippen molar-refractivity contribution in [3.63, 3.8) is 0 Å². The van der Waals surface area contributed by atoms with Crippen LogP contribution in [0.25, 0.3) is 0 Å². The molecule has 0 saturated carbocycles. The predicted molar refractivity (Wildman–Crippen MR) is 71.9 cm³/mol. The molecule has 19 heavy (non-hydrogen) atoms. The van der Waals surface area contributed by atoms with Crippen molar-refractivity contribution in [2.75, 3.05) is 12.8 Å². The molecule has 6 nitrogen and oxygen atoms in total. The van der Waals surface area contributed by atoms with E-state index in [9.17, 15) is 0 Å². The minimum Gasteiger partial charge on any atom is -0.493 e. The predicted octanol–water partition coefficient (Wildman–Crippen LogP) is 2.49. The second-order valence-corrected chi connectivity index (χ2v) is 4.32. The molecule has 0 atom stereocenters. The number of hydrogen-bond donors (Lipinski definition) is 1. The molecular weight excluding hydrogens is 312 g/mol. The highest BCUT2D eigenvalue weighted by Crippen LogP contribution is 2.34. The lowest BCUT2D eigenvalue weighted by Gasteiger charge is -2.10. The third-order valence-corrected chi connectivity index (χ3v) is 2.77. The molecule has 96 valence electrons. The topological polar surface area (TPSA) is 94.0 Å². The number of nitrogens with zero attached hydrogens (tertiary/aromatic N) is 3. The first-order valence-electron chi connectivity index (χ1n) is 5.18. The summed E-state index contributed by atoms with van der Waals surface area (Å²) in [5.41, 5.74) is 5.98. The molecule has 0 spiro atoms. The summed E-state index contributed by atoms with van der Waals surface area (Å²) < 4.78 is 11.3. The largest absolute Gasteiger partial charge is 0.493 e. The number of nitrogen functional groups attached to an aromatic ring is 1. The Bertz CT molecular complexity index is 655. The molecule has 0 amide bonds. The van der Waals surface area contributed by atoms with Crippen molar-refractivity contribution < 1.29 is 9.47 Å².